The molecule has 0 saturated carbocycles. The Balaban J connectivity index is 1.19. The fourth-order valence-electron chi connectivity index (χ4n) is 4.44. The number of nitrogens with zero attached hydrogens (tertiary/aromatic N) is 7. The van der Waals surface area contributed by atoms with Crippen molar-refractivity contribution in [2.24, 2.45) is 0 Å². The Morgan fingerprint density at radius 3 is 1.32 bits per heavy atom. The van der Waals surface area contributed by atoms with Crippen LogP contribution in [0.3, 0.4) is 0 Å². The summed E-state index contributed by atoms with van der Waals surface area (Å²) in [5.74, 6) is -0.266. The second-order valence-electron chi connectivity index (χ2n) is 8.38. The molecule has 9 nitrogen and oxygen atoms in total. The van der Waals surface area contributed by atoms with Crippen LogP contribution in [0.25, 0.3) is 0 Å². The van der Waals surface area contributed by atoms with Crippen LogP contribution in [0.2, 0.25) is 0 Å². The van der Waals surface area contributed by atoms with Gasteiger partial charge in [-0.1, -0.05) is 6.07 Å². The molecule has 3 aromatic heterocycles. The van der Waals surface area contributed by atoms with Crippen LogP contribution in [0.5, 0.6) is 0 Å². The van der Waals surface area contributed by atoms with Gasteiger partial charge in [-0.25, -0.2) is 4.98 Å². The lowest BCUT2D eigenvalue weighted by atomic mass is 10.2. The van der Waals surface area contributed by atoms with Gasteiger partial charge >= 0.3 is 0 Å². The van der Waals surface area contributed by atoms with Crippen molar-refractivity contribution in [2.45, 2.75) is 0 Å². The molecule has 5 heterocycles. The molecule has 5 rings (SSSR count). The van der Waals surface area contributed by atoms with Gasteiger partial charge in [-0.05, 0) is 36.4 Å². The summed E-state index contributed by atoms with van der Waals surface area (Å²) >= 11 is 0. The Bertz CT molecular complexity index is 1040. The van der Waals surface area contributed by atoms with Gasteiger partial charge in [-0.2, -0.15) is 0 Å². The second kappa shape index (κ2) is 9.86. The lowest BCUT2D eigenvalue weighted by Crippen LogP contribution is -2.49. The van der Waals surface area contributed by atoms with E-state index < -0.39 is 0 Å². The Morgan fingerprint density at radius 1 is 0.559 bits per heavy atom. The summed E-state index contributed by atoms with van der Waals surface area (Å²) in [7, 11) is 0. The average Bonchev–Trinajstić information content (AvgIpc) is 2.93. The zero-order valence-corrected chi connectivity index (χ0v) is 19.0. The van der Waals surface area contributed by atoms with Gasteiger partial charge in [0, 0.05) is 88.5 Å². The zero-order chi connectivity index (χ0) is 23.3. The predicted octanol–water partition coefficient (Wildman–Crippen LogP) is 1.80. The molecule has 2 aliphatic heterocycles. The highest BCUT2D eigenvalue weighted by atomic mass is 16.2. The molecule has 0 unspecified atom stereocenters. The van der Waals surface area contributed by atoms with Gasteiger partial charge in [0.2, 0.25) is 0 Å². The third-order valence-electron chi connectivity index (χ3n) is 6.38. The van der Waals surface area contributed by atoms with Gasteiger partial charge in [0.25, 0.3) is 11.8 Å². The van der Waals surface area contributed by atoms with E-state index in [1.807, 2.05) is 34.1 Å². The maximum absolute atomic E-state index is 13.1. The smallest absolute Gasteiger partial charge is 0.272 e. The molecule has 2 saturated heterocycles. The molecular formula is C25H27N7O2. The molecule has 2 aliphatic rings. The number of hydrogen-bond donors (Lipinski definition) is 0. The van der Waals surface area contributed by atoms with Gasteiger partial charge in [0.1, 0.15) is 11.4 Å². The molecule has 0 N–H and O–H groups in total. The van der Waals surface area contributed by atoms with Crippen molar-refractivity contribution in [1.29, 1.82) is 0 Å². The number of hydrogen-bond acceptors (Lipinski definition) is 7. The molecule has 0 radical (unpaired) electrons. The Kier molecular flexibility index (Phi) is 6.33. The first-order valence-corrected chi connectivity index (χ1v) is 11.5. The fraction of sp³-hybridized carbons (Fsp3) is 0.320. The molecule has 2 fully saturated rings. The molecular weight excluding hydrogens is 430 g/mol. The van der Waals surface area contributed by atoms with Crippen LogP contribution in [-0.4, -0.2) is 88.9 Å². The molecule has 0 aromatic carbocycles. The topological polar surface area (TPSA) is 85.8 Å². The quantitative estimate of drug-likeness (QED) is 0.591. The Labute approximate surface area is 198 Å². The van der Waals surface area contributed by atoms with Crippen LogP contribution in [0.15, 0.2) is 67.3 Å². The minimum atomic E-state index is -0.133. The largest absolute Gasteiger partial charge is 0.368 e. The van der Waals surface area contributed by atoms with Crippen molar-refractivity contribution in [3.05, 3.63) is 78.6 Å². The first kappa shape index (κ1) is 21.8. The number of pyridine rings is 3. The highest BCUT2D eigenvalue weighted by molar-refractivity contribution is 5.96. The minimum absolute atomic E-state index is 0.133. The lowest BCUT2D eigenvalue weighted by Gasteiger charge is -2.36. The van der Waals surface area contributed by atoms with Crippen LogP contribution in [0.4, 0.5) is 11.4 Å². The van der Waals surface area contributed by atoms with E-state index in [1.165, 1.54) is 0 Å². The summed E-state index contributed by atoms with van der Waals surface area (Å²) in [6.07, 6.45) is 7.10. The molecule has 34 heavy (non-hydrogen) atoms. The van der Waals surface area contributed by atoms with Crippen LogP contribution in [0, 0.1) is 0 Å². The lowest BCUT2D eigenvalue weighted by molar-refractivity contribution is 0.0733. The van der Waals surface area contributed by atoms with Crippen LogP contribution < -0.4 is 9.80 Å². The number of piperazine rings is 2. The van der Waals surface area contributed by atoms with Crippen molar-refractivity contribution in [1.82, 2.24) is 24.8 Å². The van der Waals surface area contributed by atoms with E-state index in [0.717, 1.165) is 37.6 Å². The molecule has 0 bridgehead atoms. The van der Waals surface area contributed by atoms with E-state index in [4.69, 9.17) is 0 Å². The number of anilines is 2. The maximum Gasteiger partial charge on any atom is 0.272 e. The first-order chi connectivity index (χ1) is 16.7. The SMILES string of the molecule is O=C(c1cccc(C(=O)N2CCN(c3ccncc3)CC2)n1)N1CCN(c2ccncc2)CC1. The Hall–Kier alpha value is -4.01. The predicted molar refractivity (Wildman–Crippen MR) is 129 cm³/mol. The molecule has 2 amide bonds. The number of carbonyl (C=O) groups is 2. The van der Waals surface area contributed by atoms with Crippen LogP contribution in [-0.2, 0) is 0 Å². The minimum Gasteiger partial charge on any atom is -0.368 e. The van der Waals surface area contributed by atoms with Gasteiger partial charge in [0.15, 0.2) is 0 Å². The molecule has 9 heteroatoms. The summed E-state index contributed by atoms with van der Waals surface area (Å²) in [6, 6.07) is 13.0. The van der Waals surface area contributed by atoms with Crippen molar-refractivity contribution in [3.8, 4) is 0 Å². The third kappa shape index (κ3) is 4.68. The van der Waals surface area contributed by atoms with E-state index in [-0.39, 0.29) is 11.8 Å². The van der Waals surface area contributed by atoms with E-state index in [9.17, 15) is 9.59 Å². The van der Waals surface area contributed by atoms with Crippen molar-refractivity contribution in [3.63, 3.8) is 0 Å². The standard InChI is InChI=1S/C25H27N7O2/c33-24(31-16-12-29(13-17-31)20-4-8-26-9-5-20)22-2-1-3-23(28-22)25(34)32-18-14-30(15-19-32)21-6-10-27-11-7-21/h1-11H,12-19H2. The normalized spacial score (nSPS) is 16.5. The summed E-state index contributed by atoms with van der Waals surface area (Å²) in [4.78, 5) is 46.9. The van der Waals surface area contributed by atoms with E-state index in [1.54, 1.807) is 43.0 Å². The number of aromatic nitrogens is 3. The van der Waals surface area contributed by atoms with Crippen molar-refractivity contribution >= 4 is 23.2 Å². The van der Waals surface area contributed by atoms with Crippen molar-refractivity contribution < 1.29 is 9.59 Å². The fourth-order valence-corrected chi connectivity index (χ4v) is 4.44. The van der Waals surface area contributed by atoms with Gasteiger partial charge in [-0.15, -0.1) is 0 Å². The van der Waals surface area contributed by atoms with Crippen molar-refractivity contribution in [2.75, 3.05) is 62.2 Å². The second-order valence-corrected chi connectivity index (χ2v) is 8.38. The highest BCUT2D eigenvalue weighted by Gasteiger charge is 2.26. The molecule has 0 spiro atoms. The number of amides is 2. The first-order valence-electron chi connectivity index (χ1n) is 11.5. The summed E-state index contributed by atoms with van der Waals surface area (Å²) in [5, 5.41) is 0. The maximum atomic E-state index is 13.1. The van der Waals surface area contributed by atoms with Gasteiger partial charge in [0.05, 0.1) is 0 Å². The number of rotatable bonds is 4. The van der Waals surface area contributed by atoms with Gasteiger partial charge < -0.3 is 19.6 Å². The number of carbonyl (C=O) groups excluding carboxylic acids is 2. The van der Waals surface area contributed by atoms with E-state index in [2.05, 4.69) is 24.8 Å². The zero-order valence-electron chi connectivity index (χ0n) is 19.0. The molecule has 0 aliphatic carbocycles. The summed E-state index contributed by atoms with van der Waals surface area (Å²) in [6.45, 7) is 5.42. The average molecular weight is 458 g/mol. The monoisotopic (exact) mass is 457 g/mol. The van der Waals surface area contributed by atoms with E-state index in [0.29, 0.717) is 37.6 Å². The summed E-state index contributed by atoms with van der Waals surface area (Å²) in [5.41, 5.74) is 2.85. The summed E-state index contributed by atoms with van der Waals surface area (Å²) < 4.78 is 0. The molecule has 174 valence electrons. The molecule has 0 atom stereocenters. The highest BCUT2D eigenvalue weighted by Crippen LogP contribution is 2.18. The third-order valence-corrected chi connectivity index (χ3v) is 6.38. The Morgan fingerprint density at radius 2 is 0.941 bits per heavy atom. The van der Waals surface area contributed by atoms with Gasteiger partial charge in [-0.3, -0.25) is 19.6 Å². The van der Waals surface area contributed by atoms with Crippen LogP contribution >= 0.6 is 0 Å². The molecule has 3 aromatic rings. The van der Waals surface area contributed by atoms with Crippen LogP contribution in [0.1, 0.15) is 21.0 Å². The van der Waals surface area contributed by atoms with E-state index >= 15 is 0 Å².